The maximum Gasteiger partial charge on any atom is 0.248 e. The highest BCUT2D eigenvalue weighted by atomic mass is 32.2. The van der Waals surface area contributed by atoms with Crippen molar-refractivity contribution in [3.05, 3.63) is 132 Å². The second-order valence-corrected chi connectivity index (χ2v) is 11.2. The smallest absolute Gasteiger partial charge is 0.248 e. The zero-order chi connectivity index (χ0) is 29.1. The van der Waals surface area contributed by atoms with Crippen LogP contribution in [-0.4, -0.2) is 23.4 Å². The van der Waals surface area contributed by atoms with Crippen molar-refractivity contribution in [2.24, 2.45) is 0 Å². The number of thiazole rings is 1. The Morgan fingerprint density at radius 2 is 1.64 bits per heavy atom. The van der Waals surface area contributed by atoms with E-state index in [-0.39, 0.29) is 11.8 Å². The first-order chi connectivity index (χ1) is 20.6. The lowest BCUT2D eigenvalue weighted by molar-refractivity contribution is -0.116. The van der Waals surface area contributed by atoms with E-state index >= 15 is 0 Å². The quantitative estimate of drug-likeness (QED) is 0.119. The highest BCUT2D eigenvalue weighted by Gasteiger charge is 2.23. The lowest BCUT2D eigenvalue weighted by Gasteiger charge is -2.17. The molecule has 5 aromatic rings. The molecule has 0 fully saturated rings. The molecule has 8 heteroatoms. The summed E-state index contributed by atoms with van der Waals surface area (Å²) in [5.74, 6) is 0.393. The molecule has 42 heavy (non-hydrogen) atoms. The number of carbonyl (C=O) groups is 2. The number of hydrogen-bond donors (Lipinski definition) is 2. The fourth-order valence-electron chi connectivity index (χ4n) is 4.13. The molecule has 1 aromatic heterocycles. The molecule has 210 valence electrons. The molecule has 0 bridgehead atoms. The molecule has 0 aliphatic carbocycles. The van der Waals surface area contributed by atoms with Gasteiger partial charge in [-0.25, -0.2) is 4.98 Å². The van der Waals surface area contributed by atoms with E-state index in [1.807, 2.05) is 121 Å². The minimum atomic E-state index is -0.534. The number of anilines is 2. The molecule has 6 nitrogen and oxygen atoms in total. The van der Waals surface area contributed by atoms with Gasteiger partial charge in [0.15, 0.2) is 5.13 Å². The third kappa shape index (κ3) is 7.96. The first-order valence-corrected chi connectivity index (χ1v) is 15.2. The van der Waals surface area contributed by atoms with Gasteiger partial charge in [-0.15, -0.1) is 23.1 Å². The highest BCUT2D eigenvalue weighted by molar-refractivity contribution is 8.00. The fourth-order valence-corrected chi connectivity index (χ4v) is 5.93. The molecule has 0 radical (unpaired) electrons. The van der Waals surface area contributed by atoms with Crippen LogP contribution in [-0.2, 0) is 9.59 Å². The molecule has 0 aliphatic heterocycles. The van der Waals surface area contributed by atoms with Crippen molar-refractivity contribution in [3.8, 4) is 17.0 Å². The maximum atomic E-state index is 13.6. The van der Waals surface area contributed by atoms with E-state index in [4.69, 9.17) is 4.74 Å². The molecule has 1 heterocycles. The minimum Gasteiger partial charge on any atom is -0.494 e. The number of rotatable bonds is 11. The summed E-state index contributed by atoms with van der Waals surface area (Å²) in [5, 5.41) is 7.83. The summed E-state index contributed by atoms with van der Waals surface area (Å²) in [6, 6.07) is 34.5. The largest absolute Gasteiger partial charge is 0.494 e. The van der Waals surface area contributed by atoms with Gasteiger partial charge >= 0.3 is 0 Å². The average Bonchev–Trinajstić information content (AvgIpc) is 3.49. The molecule has 4 aromatic carbocycles. The van der Waals surface area contributed by atoms with Gasteiger partial charge in [-0.05, 0) is 66.6 Å². The molecule has 0 saturated carbocycles. The van der Waals surface area contributed by atoms with Crippen LogP contribution in [0.4, 0.5) is 10.8 Å². The summed E-state index contributed by atoms with van der Waals surface area (Å²) in [6.07, 6.45) is 3.27. The predicted octanol–water partition coefficient (Wildman–Crippen LogP) is 8.33. The maximum absolute atomic E-state index is 13.6. The number of carbonyl (C=O) groups excluding carboxylic acids is 2. The Bertz CT molecular complexity index is 1650. The van der Waals surface area contributed by atoms with Crippen LogP contribution >= 0.6 is 23.1 Å². The lowest BCUT2D eigenvalue weighted by Crippen LogP contribution is -2.19. The van der Waals surface area contributed by atoms with Gasteiger partial charge in [0.25, 0.3) is 0 Å². The van der Waals surface area contributed by atoms with Crippen LogP contribution in [0.2, 0.25) is 0 Å². The molecular formula is C34H29N3O3S2. The molecule has 5 rings (SSSR count). The summed E-state index contributed by atoms with van der Waals surface area (Å²) in [7, 11) is 0. The summed E-state index contributed by atoms with van der Waals surface area (Å²) in [4.78, 5) is 31.6. The SMILES string of the molecule is CCOc1ccc(-c2csc(NC(=O)C(Sc3cccc(NC(=O)/C=C/c4ccccc4)c3)c3ccccc3)n2)cc1. The zero-order valence-electron chi connectivity index (χ0n) is 22.9. The third-order valence-corrected chi connectivity index (χ3v) is 8.12. The number of amides is 2. The van der Waals surface area contributed by atoms with Crippen LogP contribution in [0.25, 0.3) is 17.3 Å². The molecule has 1 unspecified atom stereocenters. The van der Waals surface area contributed by atoms with Gasteiger partial charge < -0.3 is 15.4 Å². The second kappa shape index (κ2) is 14.3. The van der Waals surface area contributed by atoms with Crippen molar-refractivity contribution in [2.75, 3.05) is 17.2 Å². The minimum absolute atomic E-state index is 0.181. The van der Waals surface area contributed by atoms with Gasteiger partial charge in [0.1, 0.15) is 11.0 Å². The van der Waals surface area contributed by atoms with Crippen LogP contribution in [0, 0.1) is 0 Å². The van der Waals surface area contributed by atoms with Gasteiger partial charge in [0, 0.05) is 27.6 Å². The van der Waals surface area contributed by atoms with Crippen molar-refractivity contribution in [2.45, 2.75) is 17.1 Å². The van der Waals surface area contributed by atoms with Crippen LogP contribution in [0.5, 0.6) is 5.75 Å². The van der Waals surface area contributed by atoms with Gasteiger partial charge in [-0.2, -0.15) is 0 Å². The second-order valence-electron chi connectivity index (χ2n) is 9.15. The molecular weight excluding hydrogens is 563 g/mol. The Kier molecular flexibility index (Phi) is 9.82. The number of thioether (sulfide) groups is 1. The van der Waals surface area contributed by atoms with Crippen LogP contribution in [0.15, 0.2) is 126 Å². The monoisotopic (exact) mass is 591 g/mol. The Morgan fingerprint density at radius 1 is 0.905 bits per heavy atom. The van der Waals surface area contributed by atoms with E-state index in [9.17, 15) is 9.59 Å². The van der Waals surface area contributed by atoms with Crippen LogP contribution < -0.4 is 15.4 Å². The number of benzene rings is 4. The van der Waals surface area contributed by atoms with E-state index in [0.29, 0.717) is 17.4 Å². The van der Waals surface area contributed by atoms with Crippen molar-refractivity contribution in [1.29, 1.82) is 0 Å². The summed E-state index contributed by atoms with van der Waals surface area (Å²) in [6.45, 7) is 2.56. The molecule has 0 aliphatic rings. The van der Waals surface area contributed by atoms with Gasteiger partial charge in [0.2, 0.25) is 11.8 Å². The van der Waals surface area contributed by atoms with E-state index in [1.54, 1.807) is 6.08 Å². The van der Waals surface area contributed by atoms with E-state index in [2.05, 4.69) is 15.6 Å². The zero-order valence-corrected chi connectivity index (χ0v) is 24.5. The molecule has 0 saturated heterocycles. The number of hydrogen-bond acceptors (Lipinski definition) is 6. The summed E-state index contributed by atoms with van der Waals surface area (Å²) < 4.78 is 5.52. The van der Waals surface area contributed by atoms with Gasteiger partial charge in [0.05, 0.1) is 12.3 Å². The Hall–Kier alpha value is -4.66. The lowest BCUT2D eigenvalue weighted by atomic mass is 10.1. The van der Waals surface area contributed by atoms with E-state index < -0.39 is 5.25 Å². The Labute approximate surface area is 253 Å². The Morgan fingerprint density at radius 3 is 2.38 bits per heavy atom. The van der Waals surface area contributed by atoms with Gasteiger partial charge in [-0.1, -0.05) is 66.7 Å². The summed E-state index contributed by atoms with van der Waals surface area (Å²) in [5.41, 5.74) is 4.19. The molecule has 2 amide bonds. The van der Waals surface area contributed by atoms with Crippen molar-refractivity contribution < 1.29 is 14.3 Å². The van der Waals surface area contributed by atoms with Crippen molar-refractivity contribution >= 4 is 51.8 Å². The third-order valence-electron chi connectivity index (χ3n) is 6.12. The first kappa shape index (κ1) is 28.9. The standard InChI is InChI=1S/C34H29N3O3S2/c1-2-40-28-19-17-25(18-20-28)30-23-41-34(36-30)37-33(39)32(26-12-7-4-8-13-26)42-29-15-9-14-27(22-29)35-31(38)21-16-24-10-5-3-6-11-24/h3-23,32H,2H2,1H3,(H,35,38)(H,36,37,39)/b21-16+. The summed E-state index contributed by atoms with van der Waals surface area (Å²) >= 11 is 2.79. The molecule has 1 atom stereocenters. The fraction of sp³-hybridized carbons (Fsp3) is 0.0882. The number of ether oxygens (including phenoxy) is 1. The van der Waals surface area contributed by atoms with E-state index in [0.717, 1.165) is 33.0 Å². The Balaban J connectivity index is 1.28. The van der Waals surface area contributed by atoms with Crippen molar-refractivity contribution in [1.82, 2.24) is 4.98 Å². The average molecular weight is 592 g/mol. The number of aromatic nitrogens is 1. The van der Waals surface area contributed by atoms with Gasteiger partial charge in [-0.3, -0.25) is 9.59 Å². The number of nitrogens with one attached hydrogen (secondary N) is 2. The first-order valence-electron chi connectivity index (χ1n) is 13.4. The van der Waals surface area contributed by atoms with Crippen LogP contribution in [0.1, 0.15) is 23.3 Å². The molecule has 2 N–H and O–H groups in total. The van der Waals surface area contributed by atoms with E-state index in [1.165, 1.54) is 29.2 Å². The normalized spacial score (nSPS) is 11.6. The highest BCUT2D eigenvalue weighted by Crippen LogP contribution is 2.38. The van der Waals surface area contributed by atoms with Crippen molar-refractivity contribution in [3.63, 3.8) is 0 Å². The predicted molar refractivity (Wildman–Crippen MR) is 173 cm³/mol. The molecule has 0 spiro atoms. The topological polar surface area (TPSA) is 80.3 Å². The van der Waals surface area contributed by atoms with Crippen LogP contribution in [0.3, 0.4) is 0 Å². The number of nitrogens with zero attached hydrogens (tertiary/aromatic N) is 1.